The van der Waals surface area contributed by atoms with Crippen LogP contribution in [-0.4, -0.2) is 30.3 Å². The number of hydrogen-bond acceptors (Lipinski definition) is 5. The summed E-state index contributed by atoms with van der Waals surface area (Å²) in [7, 11) is 0. The average molecular weight is 432 g/mol. The molecule has 2 aromatic carbocycles. The van der Waals surface area contributed by atoms with Gasteiger partial charge in [-0.2, -0.15) is 0 Å². The Hall–Kier alpha value is -3.74. The second kappa shape index (κ2) is 8.78. The van der Waals surface area contributed by atoms with Crippen molar-refractivity contribution in [1.29, 1.82) is 0 Å². The molecule has 1 N–H and O–H groups in total. The van der Waals surface area contributed by atoms with Crippen molar-refractivity contribution in [3.05, 3.63) is 71.8 Å². The molecule has 3 amide bonds. The highest BCUT2D eigenvalue weighted by molar-refractivity contribution is 6.22. The molecule has 0 aromatic heterocycles. The van der Waals surface area contributed by atoms with Crippen LogP contribution in [0.2, 0.25) is 0 Å². The molecular formula is C25H24N2O5. The van der Waals surface area contributed by atoms with Gasteiger partial charge in [0.1, 0.15) is 0 Å². The Labute approximate surface area is 186 Å². The highest BCUT2D eigenvalue weighted by atomic mass is 16.5. The predicted octanol–water partition coefficient (Wildman–Crippen LogP) is 3.49. The number of allylic oxidation sites excluding steroid dienone is 2. The minimum atomic E-state index is -0.665. The van der Waals surface area contributed by atoms with Gasteiger partial charge in [-0.3, -0.25) is 19.3 Å². The maximum Gasteiger partial charge on any atom is 0.338 e. The van der Waals surface area contributed by atoms with Crippen molar-refractivity contribution in [2.75, 3.05) is 16.8 Å². The summed E-state index contributed by atoms with van der Waals surface area (Å²) in [6.07, 6.45) is 4.49. The molecule has 0 radical (unpaired) electrons. The molecule has 1 aliphatic heterocycles. The number of fused-ring (bicyclic) bond motifs is 1. The summed E-state index contributed by atoms with van der Waals surface area (Å²) < 4.78 is 5.08. The van der Waals surface area contributed by atoms with Crippen LogP contribution in [0.1, 0.15) is 29.3 Å². The molecule has 0 saturated carbocycles. The minimum Gasteiger partial charge on any atom is -0.452 e. The van der Waals surface area contributed by atoms with E-state index >= 15 is 0 Å². The van der Waals surface area contributed by atoms with Crippen molar-refractivity contribution in [3.8, 4) is 0 Å². The molecule has 2 aromatic rings. The number of aryl methyl sites for hydroxylation is 1. The van der Waals surface area contributed by atoms with Crippen LogP contribution < -0.4 is 10.2 Å². The van der Waals surface area contributed by atoms with E-state index in [-0.39, 0.29) is 35.1 Å². The van der Waals surface area contributed by atoms with Crippen LogP contribution in [0.3, 0.4) is 0 Å². The first kappa shape index (κ1) is 21.5. The zero-order valence-electron chi connectivity index (χ0n) is 17.9. The van der Waals surface area contributed by atoms with Crippen molar-refractivity contribution in [2.24, 2.45) is 17.8 Å². The maximum atomic E-state index is 12.9. The smallest absolute Gasteiger partial charge is 0.338 e. The zero-order valence-corrected chi connectivity index (χ0v) is 17.9. The van der Waals surface area contributed by atoms with Gasteiger partial charge >= 0.3 is 5.97 Å². The van der Waals surface area contributed by atoms with Crippen LogP contribution in [-0.2, 0) is 19.1 Å². The number of nitrogens with zero attached hydrogens (tertiary/aromatic N) is 1. The van der Waals surface area contributed by atoms with E-state index in [2.05, 4.69) is 5.32 Å². The monoisotopic (exact) mass is 432 g/mol. The lowest BCUT2D eigenvalue weighted by Crippen LogP contribution is -2.31. The summed E-state index contributed by atoms with van der Waals surface area (Å²) in [5.41, 5.74) is 2.28. The highest BCUT2D eigenvalue weighted by Gasteiger charge is 2.50. The molecule has 2 aliphatic rings. The van der Waals surface area contributed by atoms with Gasteiger partial charge in [-0.05, 0) is 61.2 Å². The number of nitrogens with one attached hydrogen (secondary N) is 1. The second-order valence-electron chi connectivity index (χ2n) is 8.21. The predicted molar refractivity (Wildman–Crippen MR) is 119 cm³/mol. The number of esters is 1. The van der Waals surface area contributed by atoms with Gasteiger partial charge in [0.15, 0.2) is 6.61 Å². The quantitative estimate of drug-likeness (QED) is 0.444. The summed E-state index contributed by atoms with van der Waals surface area (Å²) in [5.74, 6) is -2.20. The SMILES string of the molecule is Cc1cccc(NC(=O)COC(=O)c2ccc(N3C(=O)[C@@H]4[C@H](C)C=CC[C@H]4C3=O)cc2)c1. The lowest BCUT2D eigenvalue weighted by atomic mass is 9.78. The molecule has 1 saturated heterocycles. The van der Waals surface area contributed by atoms with E-state index in [0.717, 1.165) is 5.56 Å². The van der Waals surface area contributed by atoms with Crippen LogP contribution in [0.5, 0.6) is 0 Å². The Kier molecular flexibility index (Phi) is 5.90. The molecule has 164 valence electrons. The topological polar surface area (TPSA) is 92.8 Å². The third kappa shape index (κ3) is 4.19. The Morgan fingerprint density at radius 1 is 1.09 bits per heavy atom. The van der Waals surface area contributed by atoms with E-state index < -0.39 is 18.5 Å². The summed E-state index contributed by atoms with van der Waals surface area (Å²) in [4.78, 5) is 51.2. The molecular weight excluding hydrogens is 408 g/mol. The molecule has 0 bridgehead atoms. The number of anilines is 2. The standard InChI is InChI=1S/C25H24N2O5/c1-15-5-3-7-18(13-15)26-21(28)14-32-25(31)17-9-11-19(12-10-17)27-23(29)20-8-4-6-16(2)22(20)24(27)30/h3-7,9-13,16,20,22H,8,14H2,1-2H3,(H,26,28)/t16-,20-,22-/m1/s1. The lowest BCUT2D eigenvalue weighted by molar-refractivity contribution is -0.123. The van der Waals surface area contributed by atoms with Gasteiger partial charge < -0.3 is 10.1 Å². The van der Waals surface area contributed by atoms with Gasteiger partial charge in [-0.25, -0.2) is 4.79 Å². The molecule has 32 heavy (non-hydrogen) atoms. The van der Waals surface area contributed by atoms with Crippen LogP contribution >= 0.6 is 0 Å². The molecule has 3 atom stereocenters. The number of amides is 3. The molecule has 4 rings (SSSR count). The molecule has 0 spiro atoms. The second-order valence-corrected chi connectivity index (χ2v) is 8.21. The van der Waals surface area contributed by atoms with Crippen LogP contribution in [0.25, 0.3) is 0 Å². The van der Waals surface area contributed by atoms with Gasteiger partial charge in [0.05, 0.1) is 23.1 Å². The van der Waals surface area contributed by atoms with Gasteiger partial charge in [0.2, 0.25) is 11.8 Å². The van der Waals surface area contributed by atoms with E-state index in [1.54, 1.807) is 18.2 Å². The number of carbonyl (C=O) groups excluding carboxylic acids is 4. The van der Waals surface area contributed by atoms with Gasteiger partial charge in [0, 0.05) is 5.69 Å². The number of hydrogen-bond donors (Lipinski definition) is 1. The summed E-state index contributed by atoms with van der Waals surface area (Å²) in [6, 6.07) is 13.4. The van der Waals surface area contributed by atoms with E-state index in [1.807, 2.05) is 44.2 Å². The van der Waals surface area contributed by atoms with Crippen molar-refractivity contribution < 1.29 is 23.9 Å². The number of ether oxygens (including phenoxy) is 1. The Morgan fingerprint density at radius 3 is 2.53 bits per heavy atom. The van der Waals surface area contributed by atoms with Crippen LogP contribution in [0.4, 0.5) is 11.4 Å². The third-order valence-electron chi connectivity index (χ3n) is 5.87. The summed E-state index contributed by atoms with van der Waals surface area (Å²) >= 11 is 0. The van der Waals surface area contributed by atoms with Crippen molar-refractivity contribution in [3.63, 3.8) is 0 Å². The molecule has 1 heterocycles. The van der Waals surface area contributed by atoms with Crippen LogP contribution in [0, 0.1) is 24.7 Å². The number of imide groups is 1. The normalized spacial score (nSPS) is 21.9. The fourth-order valence-electron chi connectivity index (χ4n) is 4.28. The Morgan fingerprint density at radius 2 is 1.84 bits per heavy atom. The fourth-order valence-corrected chi connectivity index (χ4v) is 4.28. The molecule has 7 heteroatoms. The third-order valence-corrected chi connectivity index (χ3v) is 5.87. The van der Waals surface area contributed by atoms with Gasteiger partial charge in [0.25, 0.3) is 5.91 Å². The van der Waals surface area contributed by atoms with E-state index in [4.69, 9.17) is 4.74 Å². The molecule has 7 nitrogen and oxygen atoms in total. The first-order chi connectivity index (χ1) is 15.3. The first-order valence-corrected chi connectivity index (χ1v) is 10.5. The lowest BCUT2D eigenvalue weighted by Gasteiger charge is -2.22. The minimum absolute atomic E-state index is 0.00963. The molecule has 1 fully saturated rings. The van der Waals surface area contributed by atoms with E-state index in [0.29, 0.717) is 17.8 Å². The van der Waals surface area contributed by atoms with Crippen molar-refractivity contribution in [2.45, 2.75) is 20.3 Å². The van der Waals surface area contributed by atoms with Crippen molar-refractivity contribution in [1.82, 2.24) is 0 Å². The maximum absolute atomic E-state index is 12.9. The summed E-state index contributed by atoms with van der Waals surface area (Å²) in [5, 5.41) is 2.67. The Balaban J connectivity index is 1.37. The van der Waals surface area contributed by atoms with Gasteiger partial charge in [-0.1, -0.05) is 31.2 Å². The van der Waals surface area contributed by atoms with Gasteiger partial charge in [-0.15, -0.1) is 0 Å². The van der Waals surface area contributed by atoms with Crippen molar-refractivity contribution >= 4 is 35.1 Å². The number of rotatable bonds is 5. The number of carbonyl (C=O) groups is 4. The Bertz CT molecular complexity index is 1110. The highest BCUT2D eigenvalue weighted by Crippen LogP contribution is 2.40. The molecule has 1 aliphatic carbocycles. The largest absolute Gasteiger partial charge is 0.452 e. The molecule has 0 unspecified atom stereocenters. The first-order valence-electron chi connectivity index (χ1n) is 10.5. The van der Waals surface area contributed by atoms with E-state index in [1.165, 1.54) is 17.0 Å². The van der Waals surface area contributed by atoms with Crippen LogP contribution in [0.15, 0.2) is 60.7 Å². The average Bonchev–Trinajstić information content (AvgIpc) is 3.03. The number of benzene rings is 2. The summed E-state index contributed by atoms with van der Waals surface area (Å²) in [6.45, 7) is 3.43. The van der Waals surface area contributed by atoms with E-state index in [9.17, 15) is 19.2 Å². The zero-order chi connectivity index (χ0) is 22.8. The fraction of sp³-hybridized carbons (Fsp3) is 0.280.